The van der Waals surface area contributed by atoms with Crippen LogP contribution in [-0.2, 0) is 5.60 Å². The second-order valence-corrected chi connectivity index (χ2v) is 3.98. The van der Waals surface area contributed by atoms with Gasteiger partial charge in [-0.05, 0) is 25.0 Å². The van der Waals surface area contributed by atoms with Crippen LogP contribution in [0.5, 0.6) is 0 Å². The first kappa shape index (κ1) is 13.5. The standard InChI is InChI=1S/C11H13N3O.C2H6/c12-7-8-3-4-9(13)14-10(8)11(15)5-1-2-6-11;1-2/h3-4,15H,1-2,5-6H2,(H2,13,14);1-2H3. The van der Waals surface area contributed by atoms with Gasteiger partial charge in [0.2, 0.25) is 0 Å². The molecule has 0 radical (unpaired) electrons. The van der Waals surface area contributed by atoms with Crippen molar-refractivity contribution in [3.05, 3.63) is 23.4 Å². The Morgan fingerprint density at radius 3 is 2.47 bits per heavy atom. The Balaban J connectivity index is 0.000000686. The van der Waals surface area contributed by atoms with Crippen molar-refractivity contribution in [3.63, 3.8) is 0 Å². The lowest BCUT2D eigenvalue weighted by atomic mass is 9.94. The Morgan fingerprint density at radius 2 is 1.94 bits per heavy atom. The fourth-order valence-corrected chi connectivity index (χ4v) is 2.12. The maximum absolute atomic E-state index is 10.3. The Morgan fingerprint density at radius 1 is 1.35 bits per heavy atom. The number of aromatic nitrogens is 1. The van der Waals surface area contributed by atoms with Gasteiger partial charge in [-0.2, -0.15) is 5.26 Å². The lowest BCUT2D eigenvalue weighted by Gasteiger charge is -2.22. The summed E-state index contributed by atoms with van der Waals surface area (Å²) in [4.78, 5) is 4.10. The third-order valence-electron chi connectivity index (χ3n) is 2.91. The van der Waals surface area contributed by atoms with Crippen molar-refractivity contribution in [2.24, 2.45) is 0 Å². The molecule has 0 aliphatic heterocycles. The molecule has 0 bridgehead atoms. The molecule has 1 aromatic heterocycles. The first-order chi connectivity index (χ1) is 8.15. The zero-order chi connectivity index (χ0) is 12.9. The van der Waals surface area contributed by atoms with Crippen LogP contribution in [0.3, 0.4) is 0 Å². The van der Waals surface area contributed by atoms with Crippen LogP contribution in [0.2, 0.25) is 0 Å². The van der Waals surface area contributed by atoms with Gasteiger partial charge in [0.15, 0.2) is 0 Å². The molecular weight excluding hydrogens is 214 g/mol. The van der Waals surface area contributed by atoms with E-state index in [1.54, 1.807) is 12.1 Å². The lowest BCUT2D eigenvalue weighted by molar-refractivity contribution is 0.0398. The third-order valence-corrected chi connectivity index (χ3v) is 2.91. The molecule has 0 aromatic carbocycles. The number of hydrogen-bond acceptors (Lipinski definition) is 4. The molecule has 1 saturated carbocycles. The molecule has 4 heteroatoms. The number of nitrogens with two attached hydrogens (primary N) is 1. The number of rotatable bonds is 1. The monoisotopic (exact) mass is 233 g/mol. The Labute approximate surface area is 102 Å². The molecule has 0 amide bonds. The van der Waals surface area contributed by atoms with Gasteiger partial charge >= 0.3 is 0 Å². The summed E-state index contributed by atoms with van der Waals surface area (Å²) < 4.78 is 0. The van der Waals surface area contributed by atoms with E-state index in [1.807, 2.05) is 19.9 Å². The van der Waals surface area contributed by atoms with E-state index in [2.05, 4.69) is 4.98 Å². The van der Waals surface area contributed by atoms with Gasteiger partial charge in [0.25, 0.3) is 0 Å². The number of anilines is 1. The van der Waals surface area contributed by atoms with Crippen LogP contribution in [0.1, 0.15) is 50.8 Å². The van der Waals surface area contributed by atoms with E-state index in [0.29, 0.717) is 29.9 Å². The molecule has 1 heterocycles. The number of nitrogens with zero attached hydrogens (tertiary/aromatic N) is 2. The topological polar surface area (TPSA) is 82.9 Å². The van der Waals surface area contributed by atoms with E-state index in [1.165, 1.54) is 0 Å². The highest BCUT2D eigenvalue weighted by Crippen LogP contribution is 2.39. The highest BCUT2D eigenvalue weighted by atomic mass is 16.3. The van der Waals surface area contributed by atoms with Gasteiger partial charge in [-0.25, -0.2) is 4.98 Å². The fourth-order valence-electron chi connectivity index (χ4n) is 2.12. The van der Waals surface area contributed by atoms with Crippen molar-refractivity contribution < 1.29 is 5.11 Å². The van der Waals surface area contributed by atoms with Crippen molar-refractivity contribution in [2.45, 2.75) is 45.1 Å². The lowest BCUT2D eigenvalue weighted by Crippen LogP contribution is -2.24. The van der Waals surface area contributed by atoms with Gasteiger partial charge in [-0.3, -0.25) is 0 Å². The van der Waals surface area contributed by atoms with E-state index in [0.717, 1.165) is 12.8 Å². The Hall–Kier alpha value is -1.60. The molecule has 17 heavy (non-hydrogen) atoms. The molecule has 4 nitrogen and oxygen atoms in total. The van der Waals surface area contributed by atoms with Gasteiger partial charge < -0.3 is 10.8 Å². The zero-order valence-corrected chi connectivity index (χ0v) is 10.4. The van der Waals surface area contributed by atoms with Crippen LogP contribution in [0.25, 0.3) is 0 Å². The molecule has 1 aliphatic carbocycles. The van der Waals surface area contributed by atoms with Crippen LogP contribution >= 0.6 is 0 Å². The van der Waals surface area contributed by atoms with E-state index >= 15 is 0 Å². The van der Waals surface area contributed by atoms with E-state index in [9.17, 15) is 5.11 Å². The van der Waals surface area contributed by atoms with E-state index < -0.39 is 5.60 Å². The smallest absolute Gasteiger partial charge is 0.123 e. The Kier molecular flexibility index (Phi) is 4.47. The summed E-state index contributed by atoms with van der Waals surface area (Å²) in [6.07, 6.45) is 3.27. The van der Waals surface area contributed by atoms with Crippen LogP contribution in [0, 0.1) is 11.3 Å². The molecule has 92 valence electrons. The average molecular weight is 233 g/mol. The number of aliphatic hydroxyl groups is 1. The summed E-state index contributed by atoms with van der Waals surface area (Å²) in [6.45, 7) is 4.00. The molecule has 1 aliphatic rings. The zero-order valence-electron chi connectivity index (χ0n) is 10.4. The van der Waals surface area contributed by atoms with Gasteiger partial charge in [-0.1, -0.05) is 26.7 Å². The first-order valence-electron chi connectivity index (χ1n) is 6.05. The Bertz CT molecular complexity index is 417. The summed E-state index contributed by atoms with van der Waals surface area (Å²) >= 11 is 0. The maximum atomic E-state index is 10.3. The summed E-state index contributed by atoms with van der Waals surface area (Å²) in [5.41, 5.74) is 5.50. The van der Waals surface area contributed by atoms with Gasteiger partial charge in [0, 0.05) is 0 Å². The van der Waals surface area contributed by atoms with Crippen LogP contribution in [0.15, 0.2) is 12.1 Å². The number of hydrogen-bond donors (Lipinski definition) is 2. The molecule has 1 aromatic rings. The summed E-state index contributed by atoms with van der Waals surface area (Å²) in [5, 5.41) is 19.3. The van der Waals surface area contributed by atoms with Crippen LogP contribution in [0.4, 0.5) is 5.82 Å². The maximum Gasteiger partial charge on any atom is 0.123 e. The predicted molar refractivity (Wildman–Crippen MR) is 67.1 cm³/mol. The minimum Gasteiger partial charge on any atom is -0.384 e. The van der Waals surface area contributed by atoms with Crippen molar-refractivity contribution in [1.29, 1.82) is 5.26 Å². The largest absolute Gasteiger partial charge is 0.384 e. The highest BCUT2D eigenvalue weighted by Gasteiger charge is 2.36. The highest BCUT2D eigenvalue weighted by molar-refractivity contribution is 5.43. The van der Waals surface area contributed by atoms with Crippen molar-refractivity contribution in [2.75, 3.05) is 5.73 Å². The molecule has 0 saturated heterocycles. The normalized spacial score (nSPS) is 16.8. The third kappa shape index (κ3) is 2.75. The average Bonchev–Trinajstić information content (AvgIpc) is 2.80. The van der Waals surface area contributed by atoms with Gasteiger partial charge in [0.1, 0.15) is 17.5 Å². The van der Waals surface area contributed by atoms with Crippen molar-refractivity contribution >= 4 is 5.82 Å². The second-order valence-electron chi connectivity index (χ2n) is 3.98. The number of nitriles is 1. The molecule has 0 unspecified atom stereocenters. The number of nitrogen functional groups attached to an aromatic ring is 1. The SMILES string of the molecule is CC.N#Cc1ccc(N)nc1C1(O)CCCC1. The summed E-state index contributed by atoms with van der Waals surface area (Å²) in [7, 11) is 0. The summed E-state index contributed by atoms with van der Waals surface area (Å²) in [5.74, 6) is 0.351. The minimum atomic E-state index is -0.944. The molecule has 3 N–H and O–H groups in total. The summed E-state index contributed by atoms with van der Waals surface area (Å²) in [6, 6.07) is 5.25. The minimum absolute atomic E-state index is 0.351. The second kappa shape index (κ2) is 5.65. The van der Waals surface area contributed by atoms with Gasteiger partial charge in [-0.15, -0.1) is 0 Å². The van der Waals surface area contributed by atoms with Crippen LogP contribution in [-0.4, -0.2) is 10.1 Å². The quantitative estimate of drug-likeness (QED) is 0.779. The molecule has 2 rings (SSSR count). The predicted octanol–water partition coefficient (Wildman–Crippen LogP) is 2.32. The fraction of sp³-hybridized carbons (Fsp3) is 0.538. The molecule has 1 fully saturated rings. The molecular formula is C13H19N3O. The van der Waals surface area contributed by atoms with Crippen molar-refractivity contribution in [3.8, 4) is 6.07 Å². The van der Waals surface area contributed by atoms with Crippen molar-refractivity contribution in [1.82, 2.24) is 4.98 Å². The number of pyridine rings is 1. The van der Waals surface area contributed by atoms with Gasteiger partial charge in [0.05, 0.1) is 11.3 Å². The molecule has 0 spiro atoms. The van der Waals surface area contributed by atoms with Crippen LogP contribution < -0.4 is 5.73 Å². The van der Waals surface area contributed by atoms with E-state index in [-0.39, 0.29) is 0 Å². The molecule has 0 atom stereocenters. The van der Waals surface area contributed by atoms with E-state index in [4.69, 9.17) is 11.0 Å². The first-order valence-corrected chi connectivity index (χ1v) is 6.05.